The largest absolute Gasteiger partial charge is 0.479 e. The lowest BCUT2D eigenvalue weighted by molar-refractivity contribution is -0.146. The van der Waals surface area contributed by atoms with Crippen LogP contribution in [-0.4, -0.2) is 20.7 Å². The number of hydrogen-bond acceptors (Lipinski definition) is 2. The van der Waals surface area contributed by atoms with Crippen molar-refractivity contribution in [2.24, 2.45) is 7.05 Å². The van der Waals surface area contributed by atoms with Crippen LogP contribution in [0.15, 0.2) is 18.2 Å². The summed E-state index contributed by atoms with van der Waals surface area (Å²) in [7, 11) is 1.79. The lowest BCUT2D eigenvalue weighted by atomic mass is 10.1. The number of carboxylic acids is 1. The van der Waals surface area contributed by atoms with Crippen molar-refractivity contribution in [2.75, 3.05) is 0 Å². The third kappa shape index (κ3) is 1.69. The second kappa shape index (κ2) is 4.05. The number of aliphatic carboxylic acids is 1. The Kier molecular flexibility index (Phi) is 2.85. The van der Waals surface area contributed by atoms with Crippen molar-refractivity contribution in [2.45, 2.75) is 13.0 Å². The third-order valence-corrected chi connectivity index (χ3v) is 3.32. The number of halogens is 1. The first kappa shape index (κ1) is 12.0. The molecule has 0 spiro atoms. The highest BCUT2D eigenvalue weighted by Gasteiger charge is 2.24. The Labute approximate surface area is 103 Å². The van der Waals surface area contributed by atoms with Crippen LogP contribution in [0.25, 0.3) is 10.9 Å². The molecule has 0 aliphatic heterocycles. The van der Waals surface area contributed by atoms with Gasteiger partial charge in [-0.2, -0.15) is 0 Å². The molecule has 90 valence electrons. The number of carboxylic acid groups (broad SMARTS) is 1. The van der Waals surface area contributed by atoms with E-state index in [1.807, 2.05) is 0 Å². The molecule has 0 aliphatic rings. The summed E-state index contributed by atoms with van der Waals surface area (Å²) >= 11 is 6.08. The number of aliphatic hydroxyl groups is 1. The van der Waals surface area contributed by atoms with Crippen molar-refractivity contribution in [3.63, 3.8) is 0 Å². The number of nitrogens with zero attached hydrogens (tertiary/aromatic N) is 1. The van der Waals surface area contributed by atoms with Crippen molar-refractivity contribution in [3.05, 3.63) is 34.5 Å². The van der Waals surface area contributed by atoms with Crippen LogP contribution < -0.4 is 0 Å². The fourth-order valence-corrected chi connectivity index (χ4v) is 2.39. The molecule has 1 aromatic carbocycles. The Balaban J connectivity index is 2.85. The maximum Gasteiger partial charge on any atom is 0.337 e. The topological polar surface area (TPSA) is 62.5 Å². The smallest absolute Gasteiger partial charge is 0.337 e. The molecule has 17 heavy (non-hydrogen) atoms. The van der Waals surface area contributed by atoms with E-state index in [9.17, 15) is 9.90 Å². The third-order valence-electron chi connectivity index (χ3n) is 3.01. The number of fused-ring (bicyclic) bond motifs is 1. The van der Waals surface area contributed by atoms with E-state index in [0.29, 0.717) is 21.7 Å². The van der Waals surface area contributed by atoms with Gasteiger partial charge >= 0.3 is 5.97 Å². The SMILES string of the molecule is Cc1c(C(O)C(=O)O)c2cccc(Cl)c2n1C. The number of aryl methyl sites for hydroxylation is 1. The van der Waals surface area contributed by atoms with Gasteiger partial charge in [-0.15, -0.1) is 0 Å². The van der Waals surface area contributed by atoms with Crippen LogP contribution >= 0.6 is 11.6 Å². The average molecular weight is 254 g/mol. The van der Waals surface area contributed by atoms with Crippen LogP contribution in [0.4, 0.5) is 0 Å². The van der Waals surface area contributed by atoms with Gasteiger partial charge in [0.05, 0.1) is 10.5 Å². The summed E-state index contributed by atoms with van der Waals surface area (Å²) in [4.78, 5) is 10.9. The molecule has 2 N–H and O–H groups in total. The minimum atomic E-state index is -1.53. The first-order valence-electron chi connectivity index (χ1n) is 5.09. The molecule has 2 aromatic rings. The van der Waals surface area contributed by atoms with E-state index in [4.69, 9.17) is 16.7 Å². The number of benzene rings is 1. The molecule has 0 saturated carbocycles. The highest BCUT2D eigenvalue weighted by molar-refractivity contribution is 6.35. The van der Waals surface area contributed by atoms with Crippen LogP contribution in [0.1, 0.15) is 17.4 Å². The highest BCUT2D eigenvalue weighted by atomic mass is 35.5. The van der Waals surface area contributed by atoms with Crippen molar-refractivity contribution in [3.8, 4) is 0 Å². The Morgan fingerprint density at radius 1 is 1.47 bits per heavy atom. The van der Waals surface area contributed by atoms with Crippen molar-refractivity contribution in [1.29, 1.82) is 0 Å². The predicted molar refractivity (Wildman–Crippen MR) is 65.3 cm³/mol. The van der Waals surface area contributed by atoms with E-state index >= 15 is 0 Å². The van der Waals surface area contributed by atoms with E-state index in [-0.39, 0.29) is 0 Å². The summed E-state index contributed by atoms with van der Waals surface area (Å²) < 4.78 is 1.79. The zero-order chi connectivity index (χ0) is 12.7. The molecule has 5 heteroatoms. The van der Waals surface area contributed by atoms with Gasteiger partial charge in [-0.25, -0.2) is 4.79 Å². The molecule has 1 heterocycles. The quantitative estimate of drug-likeness (QED) is 0.863. The zero-order valence-electron chi connectivity index (χ0n) is 9.44. The van der Waals surface area contributed by atoms with Gasteiger partial charge in [0, 0.05) is 23.7 Å². The maximum atomic E-state index is 10.9. The van der Waals surface area contributed by atoms with Gasteiger partial charge in [-0.3, -0.25) is 0 Å². The van der Waals surface area contributed by atoms with E-state index in [1.54, 1.807) is 36.7 Å². The fourth-order valence-electron chi connectivity index (χ4n) is 2.09. The maximum absolute atomic E-state index is 10.9. The molecular weight excluding hydrogens is 242 g/mol. The highest BCUT2D eigenvalue weighted by Crippen LogP contribution is 2.33. The standard InChI is InChI=1S/C12H12ClNO3/c1-6-9(11(15)12(16)17)7-4-3-5-8(13)10(7)14(6)2/h3-5,11,15H,1-2H3,(H,16,17). The van der Waals surface area contributed by atoms with E-state index in [0.717, 1.165) is 5.52 Å². The number of hydrogen-bond donors (Lipinski definition) is 2. The van der Waals surface area contributed by atoms with Crippen molar-refractivity contribution >= 4 is 28.5 Å². The Hall–Kier alpha value is -1.52. The molecule has 0 bridgehead atoms. The Bertz CT molecular complexity index is 603. The van der Waals surface area contributed by atoms with Gasteiger partial charge in [0.25, 0.3) is 0 Å². The average Bonchev–Trinajstić information content (AvgIpc) is 2.52. The van der Waals surface area contributed by atoms with E-state index in [1.165, 1.54) is 0 Å². The molecule has 0 aliphatic carbocycles. The van der Waals surface area contributed by atoms with E-state index < -0.39 is 12.1 Å². The van der Waals surface area contributed by atoms with Gasteiger partial charge in [-0.05, 0) is 13.0 Å². The minimum Gasteiger partial charge on any atom is -0.479 e. The summed E-state index contributed by atoms with van der Waals surface area (Å²) in [5.41, 5.74) is 1.84. The van der Waals surface area contributed by atoms with Crippen molar-refractivity contribution in [1.82, 2.24) is 4.57 Å². The number of rotatable bonds is 2. The Morgan fingerprint density at radius 3 is 2.71 bits per heavy atom. The molecule has 0 radical (unpaired) electrons. The number of aromatic nitrogens is 1. The normalized spacial score (nSPS) is 12.9. The number of aliphatic hydroxyl groups excluding tert-OH is 1. The molecule has 1 atom stereocenters. The van der Waals surface area contributed by atoms with Crippen LogP contribution in [0.2, 0.25) is 5.02 Å². The van der Waals surface area contributed by atoms with E-state index in [2.05, 4.69) is 0 Å². The summed E-state index contributed by atoms with van der Waals surface area (Å²) in [6.45, 7) is 1.76. The second-order valence-corrected chi connectivity index (χ2v) is 4.34. The summed E-state index contributed by atoms with van der Waals surface area (Å²) in [5, 5.41) is 19.8. The molecule has 1 aromatic heterocycles. The minimum absolute atomic E-state index is 0.400. The van der Waals surface area contributed by atoms with Gasteiger partial charge in [0.2, 0.25) is 0 Å². The summed E-state index contributed by atoms with van der Waals surface area (Å²) in [5.74, 6) is -1.26. The molecule has 0 saturated heterocycles. The first-order chi connectivity index (χ1) is 7.95. The lowest BCUT2D eigenvalue weighted by Gasteiger charge is -2.06. The van der Waals surface area contributed by atoms with Gasteiger partial charge in [0.15, 0.2) is 6.10 Å². The number of para-hydroxylation sites is 1. The van der Waals surface area contributed by atoms with Crippen LogP contribution in [0, 0.1) is 6.92 Å². The lowest BCUT2D eigenvalue weighted by Crippen LogP contribution is -2.11. The van der Waals surface area contributed by atoms with Crippen LogP contribution in [-0.2, 0) is 11.8 Å². The Morgan fingerprint density at radius 2 is 2.12 bits per heavy atom. The zero-order valence-corrected chi connectivity index (χ0v) is 10.2. The molecule has 2 rings (SSSR count). The summed E-state index contributed by atoms with van der Waals surface area (Å²) in [6.07, 6.45) is -1.53. The molecule has 1 unspecified atom stereocenters. The van der Waals surface area contributed by atoms with Crippen LogP contribution in [0.3, 0.4) is 0 Å². The van der Waals surface area contributed by atoms with Gasteiger partial charge in [-0.1, -0.05) is 23.7 Å². The van der Waals surface area contributed by atoms with Gasteiger partial charge in [0.1, 0.15) is 0 Å². The number of carbonyl (C=O) groups is 1. The second-order valence-electron chi connectivity index (χ2n) is 3.93. The summed E-state index contributed by atoms with van der Waals surface area (Å²) in [6, 6.07) is 5.23. The monoisotopic (exact) mass is 253 g/mol. The fraction of sp³-hybridized carbons (Fsp3) is 0.250. The van der Waals surface area contributed by atoms with Crippen molar-refractivity contribution < 1.29 is 15.0 Å². The van der Waals surface area contributed by atoms with Gasteiger partial charge < -0.3 is 14.8 Å². The molecule has 4 nitrogen and oxygen atoms in total. The predicted octanol–water partition coefficient (Wildman–Crippen LogP) is 2.26. The first-order valence-corrected chi connectivity index (χ1v) is 5.47. The molecule has 0 fully saturated rings. The molecular formula is C12H12ClNO3. The van der Waals surface area contributed by atoms with Crippen LogP contribution in [0.5, 0.6) is 0 Å². The molecule has 0 amide bonds.